The summed E-state index contributed by atoms with van der Waals surface area (Å²) in [5.74, 6) is 1.67. The van der Waals surface area contributed by atoms with Crippen LogP contribution in [0, 0.1) is 11.3 Å². The van der Waals surface area contributed by atoms with E-state index >= 15 is 0 Å². The molecule has 0 saturated heterocycles. The number of hydrogen-bond donors (Lipinski definition) is 0. The van der Waals surface area contributed by atoms with Gasteiger partial charge in [0.1, 0.15) is 0 Å². The van der Waals surface area contributed by atoms with Crippen molar-refractivity contribution in [2.24, 2.45) is 0 Å². The van der Waals surface area contributed by atoms with E-state index in [-0.39, 0.29) is 6.42 Å². The molecule has 0 fully saturated rings. The minimum atomic E-state index is 0.281. The van der Waals surface area contributed by atoms with Crippen molar-refractivity contribution < 1.29 is 14.2 Å². The Bertz CT molecular complexity index is 382. The number of hydrogen-bond acceptors (Lipinski definition) is 4. The quantitative estimate of drug-likeness (QED) is 0.755. The van der Waals surface area contributed by atoms with Gasteiger partial charge in [-0.1, -0.05) is 6.07 Å². The lowest BCUT2D eigenvalue weighted by Crippen LogP contribution is -1.98. The van der Waals surface area contributed by atoms with Crippen molar-refractivity contribution in [1.29, 1.82) is 5.26 Å². The molecule has 0 bridgehead atoms. The van der Waals surface area contributed by atoms with Gasteiger partial charge < -0.3 is 14.2 Å². The van der Waals surface area contributed by atoms with Gasteiger partial charge in [-0.05, 0) is 6.07 Å². The molecule has 0 unspecified atom stereocenters. The van der Waals surface area contributed by atoms with Crippen LogP contribution in [0.3, 0.4) is 0 Å². The molecule has 0 aliphatic rings. The average Bonchev–Trinajstić information content (AvgIpc) is 2.28. The van der Waals surface area contributed by atoms with Crippen molar-refractivity contribution in [1.82, 2.24) is 0 Å². The van der Waals surface area contributed by atoms with Crippen LogP contribution in [0.2, 0.25) is 0 Å². The van der Waals surface area contributed by atoms with Crippen LogP contribution in [0.5, 0.6) is 17.2 Å². The normalized spacial score (nSPS) is 9.20. The van der Waals surface area contributed by atoms with E-state index in [0.29, 0.717) is 17.2 Å². The van der Waals surface area contributed by atoms with Gasteiger partial charge in [0, 0.05) is 5.56 Å². The van der Waals surface area contributed by atoms with Crippen molar-refractivity contribution >= 4 is 0 Å². The molecule has 0 saturated carbocycles. The van der Waals surface area contributed by atoms with Gasteiger partial charge in [-0.25, -0.2) is 0 Å². The summed E-state index contributed by atoms with van der Waals surface area (Å²) < 4.78 is 15.5. The molecule has 0 aliphatic carbocycles. The zero-order chi connectivity index (χ0) is 11.3. The van der Waals surface area contributed by atoms with Crippen molar-refractivity contribution in [3.8, 4) is 23.3 Å². The van der Waals surface area contributed by atoms with Crippen LogP contribution >= 0.6 is 0 Å². The molecular weight excluding hydrogens is 194 g/mol. The molecule has 1 aromatic carbocycles. The first kappa shape index (κ1) is 11.2. The van der Waals surface area contributed by atoms with E-state index < -0.39 is 0 Å². The second-order valence-electron chi connectivity index (χ2n) is 2.83. The first-order chi connectivity index (χ1) is 7.28. The molecule has 0 atom stereocenters. The topological polar surface area (TPSA) is 51.5 Å². The molecule has 1 aromatic rings. The third-order valence-electron chi connectivity index (χ3n) is 2.06. The van der Waals surface area contributed by atoms with Gasteiger partial charge in [-0.2, -0.15) is 5.26 Å². The van der Waals surface area contributed by atoms with Crippen molar-refractivity contribution in [2.45, 2.75) is 6.42 Å². The SMILES string of the molecule is COc1ccc(CC#N)c(OC)c1OC. The zero-order valence-electron chi connectivity index (χ0n) is 9.03. The van der Waals surface area contributed by atoms with Crippen molar-refractivity contribution in [3.63, 3.8) is 0 Å². The Labute approximate surface area is 89.0 Å². The van der Waals surface area contributed by atoms with Crippen LogP contribution < -0.4 is 14.2 Å². The molecule has 80 valence electrons. The van der Waals surface area contributed by atoms with Gasteiger partial charge in [-0.15, -0.1) is 0 Å². The highest BCUT2D eigenvalue weighted by atomic mass is 16.5. The van der Waals surface area contributed by atoms with Gasteiger partial charge in [0.15, 0.2) is 11.5 Å². The molecule has 0 amide bonds. The first-order valence-corrected chi connectivity index (χ1v) is 4.43. The third kappa shape index (κ3) is 2.13. The molecule has 0 heterocycles. The van der Waals surface area contributed by atoms with Gasteiger partial charge in [0.2, 0.25) is 5.75 Å². The van der Waals surface area contributed by atoms with Crippen LogP contribution in [0.4, 0.5) is 0 Å². The van der Waals surface area contributed by atoms with Crippen LogP contribution in [-0.2, 0) is 6.42 Å². The molecule has 1 rings (SSSR count). The van der Waals surface area contributed by atoms with Crippen molar-refractivity contribution in [2.75, 3.05) is 21.3 Å². The molecule has 4 nitrogen and oxygen atoms in total. The van der Waals surface area contributed by atoms with Crippen LogP contribution in [0.15, 0.2) is 12.1 Å². The summed E-state index contributed by atoms with van der Waals surface area (Å²) in [6, 6.07) is 5.62. The molecule has 15 heavy (non-hydrogen) atoms. The summed E-state index contributed by atoms with van der Waals surface area (Å²) in [5, 5.41) is 8.65. The Morgan fingerprint density at radius 3 is 2.20 bits per heavy atom. The Morgan fingerprint density at radius 2 is 1.73 bits per heavy atom. The van der Waals surface area contributed by atoms with E-state index in [4.69, 9.17) is 19.5 Å². The second-order valence-corrected chi connectivity index (χ2v) is 2.83. The molecule has 0 N–H and O–H groups in total. The second kappa shape index (κ2) is 5.11. The molecule has 0 aromatic heterocycles. The zero-order valence-corrected chi connectivity index (χ0v) is 9.03. The third-order valence-corrected chi connectivity index (χ3v) is 2.06. The van der Waals surface area contributed by atoms with Crippen LogP contribution in [0.1, 0.15) is 5.56 Å². The van der Waals surface area contributed by atoms with Gasteiger partial charge in [0.05, 0.1) is 33.8 Å². The number of nitrogens with zero attached hydrogens (tertiary/aromatic N) is 1. The summed E-state index contributed by atoms with van der Waals surface area (Å²) in [5.41, 5.74) is 0.789. The minimum absolute atomic E-state index is 0.281. The van der Waals surface area contributed by atoms with Gasteiger partial charge in [-0.3, -0.25) is 0 Å². The summed E-state index contributed by atoms with van der Waals surface area (Å²) in [6.07, 6.45) is 0.281. The van der Waals surface area contributed by atoms with Crippen molar-refractivity contribution in [3.05, 3.63) is 17.7 Å². The Morgan fingerprint density at radius 1 is 1.07 bits per heavy atom. The fraction of sp³-hybridized carbons (Fsp3) is 0.364. The van der Waals surface area contributed by atoms with E-state index in [0.717, 1.165) is 5.56 Å². The molecule has 0 spiro atoms. The van der Waals surface area contributed by atoms with Crippen LogP contribution in [-0.4, -0.2) is 21.3 Å². The lowest BCUT2D eigenvalue weighted by atomic mass is 10.1. The summed E-state index contributed by atoms with van der Waals surface area (Å²) in [6.45, 7) is 0. The highest BCUT2D eigenvalue weighted by molar-refractivity contribution is 5.56. The number of ether oxygens (including phenoxy) is 3. The predicted molar refractivity (Wildman–Crippen MR) is 55.4 cm³/mol. The molecule has 0 aliphatic heterocycles. The summed E-state index contributed by atoms with van der Waals surface area (Å²) in [4.78, 5) is 0. The number of methoxy groups -OCH3 is 3. The smallest absolute Gasteiger partial charge is 0.203 e. The maximum atomic E-state index is 8.65. The number of rotatable bonds is 4. The standard InChI is InChI=1S/C11H13NO3/c1-13-9-5-4-8(6-7-12)10(14-2)11(9)15-3/h4-5H,6H2,1-3H3. The highest BCUT2D eigenvalue weighted by Crippen LogP contribution is 2.39. The molecule has 0 radical (unpaired) electrons. The Hall–Kier alpha value is -1.89. The monoisotopic (exact) mass is 207 g/mol. The highest BCUT2D eigenvalue weighted by Gasteiger charge is 2.14. The van der Waals surface area contributed by atoms with Gasteiger partial charge in [0.25, 0.3) is 0 Å². The maximum absolute atomic E-state index is 8.65. The number of nitriles is 1. The minimum Gasteiger partial charge on any atom is -0.493 e. The summed E-state index contributed by atoms with van der Waals surface area (Å²) >= 11 is 0. The lowest BCUT2D eigenvalue weighted by Gasteiger charge is -2.14. The first-order valence-electron chi connectivity index (χ1n) is 4.43. The van der Waals surface area contributed by atoms with E-state index in [9.17, 15) is 0 Å². The largest absolute Gasteiger partial charge is 0.493 e. The van der Waals surface area contributed by atoms with E-state index in [2.05, 4.69) is 6.07 Å². The predicted octanol–water partition coefficient (Wildman–Crippen LogP) is 1.78. The number of benzene rings is 1. The summed E-state index contributed by atoms with van der Waals surface area (Å²) in [7, 11) is 4.63. The molecule has 4 heteroatoms. The molecular formula is C11H13NO3. The van der Waals surface area contributed by atoms with E-state index in [1.807, 2.05) is 0 Å². The average molecular weight is 207 g/mol. The fourth-order valence-electron chi connectivity index (χ4n) is 1.39. The van der Waals surface area contributed by atoms with E-state index in [1.165, 1.54) is 14.2 Å². The Balaban J connectivity index is 3.28. The lowest BCUT2D eigenvalue weighted by molar-refractivity contribution is 0.322. The van der Waals surface area contributed by atoms with Crippen LogP contribution in [0.25, 0.3) is 0 Å². The van der Waals surface area contributed by atoms with E-state index in [1.54, 1.807) is 19.2 Å². The van der Waals surface area contributed by atoms with Gasteiger partial charge >= 0.3 is 0 Å². The maximum Gasteiger partial charge on any atom is 0.203 e. The Kier molecular flexibility index (Phi) is 3.81. The fourth-order valence-corrected chi connectivity index (χ4v) is 1.39.